The molecule has 3 aromatic rings. The third-order valence-electron chi connectivity index (χ3n) is 3.98. The third kappa shape index (κ3) is 3.43. The number of benzene rings is 1. The number of nitrogens with zero attached hydrogens (tertiary/aromatic N) is 5. The van der Waals surface area contributed by atoms with E-state index in [4.69, 9.17) is 0 Å². The van der Waals surface area contributed by atoms with Gasteiger partial charge in [0.05, 0.1) is 17.8 Å². The predicted octanol–water partition coefficient (Wildman–Crippen LogP) is 3.12. The molecule has 7 nitrogen and oxygen atoms in total. The summed E-state index contributed by atoms with van der Waals surface area (Å²) in [6.45, 7) is 5.92. The number of hydrazone groups is 1. The summed E-state index contributed by atoms with van der Waals surface area (Å²) >= 11 is 0. The molecule has 25 heavy (non-hydrogen) atoms. The molecule has 2 aromatic heterocycles. The molecule has 0 fully saturated rings. The summed E-state index contributed by atoms with van der Waals surface area (Å²) in [5.74, 6) is 1.48. The van der Waals surface area contributed by atoms with Gasteiger partial charge in [0.2, 0.25) is 0 Å². The highest BCUT2D eigenvalue weighted by molar-refractivity contribution is 6.02. The van der Waals surface area contributed by atoms with Gasteiger partial charge in [-0.25, -0.2) is 9.97 Å². The van der Waals surface area contributed by atoms with Gasteiger partial charge < -0.3 is 9.88 Å². The standard InChI is InChI=1S/C18H19N7/c1-3-25(4-2)17-8-16(21-12-22-17)24-23-11-14-10-20-15-7-5-6-13(9-19)18(14)15/h5-8,10-12,20H,3-4H2,1-2H3,(H,21,22,24)/b23-11+. The van der Waals surface area contributed by atoms with Gasteiger partial charge in [-0.3, -0.25) is 5.43 Å². The van der Waals surface area contributed by atoms with Gasteiger partial charge in [-0.1, -0.05) is 6.07 Å². The molecule has 0 saturated carbocycles. The fourth-order valence-corrected chi connectivity index (χ4v) is 2.70. The molecule has 0 radical (unpaired) electrons. The Morgan fingerprint density at radius 3 is 2.92 bits per heavy atom. The first-order valence-corrected chi connectivity index (χ1v) is 8.13. The maximum atomic E-state index is 9.27. The molecule has 2 heterocycles. The van der Waals surface area contributed by atoms with Crippen molar-refractivity contribution in [2.24, 2.45) is 5.10 Å². The molecule has 0 bridgehead atoms. The Balaban J connectivity index is 1.81. The highest BCUT2D eigenvalue weighted by Crippen LogP contribution is 2.21. The molecule has 1 aromatic carbocycles. The topological polar surface area (TPSA) is 93.0 Å². The van der Waals surface area contributed by atoms with E-state index in [9.17, 15) is 5.26 Å². The number of hydrogen-bond acceptors (Lipinski definition) is 6. The molecule has 0 aliphatic rings. The van der Waals surface area contributed by atoms with Crippen LogP contribution < -0.4 is 10.3 Å². The van der Waals surface area contributed by atoms with Crippen LogP contribution in [0, 0.1) is 11.3 Å². The Labute approximate surface area is 146 Å². The van der Waals surface area contributed by atoms with Gasteiger partial charge in [-0.2, -0.15) is 10.4 Å². The smallest absolute Gasteiger partial charge is 0.151 e. The Hall–Kier alpha value is -3.40. The number of nitriles is 1. The highest BCUT2D eigenvalue weighted by Gasteiger charge is 2.07. The first-order chi connectivity index (χ1) is 12.3. The molecule has 0 spiro atoms. The quantitative estimate of drug-likeness (QED) is 0.534. The van der Waals surface area contributed by atoms with Crippen molar-refractivity contribution in [2.45, 2.75) is 13.8 Å². The van der Waals surface area contributed by atoms with Gasteiger partial charge in [-0.15, -0.1) is 0 Å². The minimum atomic E-state index is 0.617. The van der Waals surface area contributed by atoms with E-state index in [0.29, 0.717) is 11.4 Å². The summed E-state index contributed by atoms with van der Waals surface area (Å²) in [4.78, 5) is 13.8. The molecule has 7 heteroatoms. The van der Waals surface area contributed by atoms with Gasteiger partial charge in [0, 0.05) is 41.8 Å². The van der Waals surface area contributed by atoms with Crippen LogP contribution in [0.25, 0.3) is 10.9 Å². The molecule has 0 amide bonds. The minimum Gasteiger partial charge on any atom is -0.360 e. The average Bonchev–Trinajstić information content (AvgIpc) is 3.06. The lowest BCUT2D eigenvalue weighted by molar-refractivity contribution is 0.841. The van der Waals surface area contributed by atoms with Crippen LogP contribution in [-0.2, 0) is 0 Å². The highest BCUT2D eigenvalue weighted by atomic mass is 15.3. The van der Waals surface area contributed by atoms with Crippen molar-refractivity contribution < 1.29 is 0 Å². The van der Waals surface area contributed by atoms with Crippen LogP contribution in [0.3, 0.4) is 0 Å². The zero-order chi connectivity index (χ0) is 17.6. The van der Waals surface area contributed by atoms with Crippen molar-refractivity contribution in [1.29, 1.82) is 5.26 Å². The summed E-state index contributed by atoms with van der Waals surface area (Å²) in [6.07, 6.45) is 5.03. The fourth-order valence-electron chi connectivity index (χ4n) is 2.70. The summed E-state index contributed by atoms with van der Waals surface area (Å²) < 4.78 is 0. The first kappa shape index (κ1) is 16.5. The third-order valence-corrected chi connectivity index (χ3v) is 3.98. The maximum absolute atomic E-state index is 9.27. The largest absolute Gasteiger partial charge is 0.360 e. The van der Waals surface area contributed by atoms with E-state index >= 15 is 0 Å². The lowest BCUT2D eigenvalue weighted by atomic mass is 10.1. The molecular formula is C18H19N7. The molecule has 0 aliphatic heterocycles. The minimum absolute atomic E-state index is 0.617. The van der Waals surface area contributed by atoms with Gasteiger partial charge in [0.1, 0.15) is 12.1 Å². The van der Waals surface area contributed by atoms with Crippen molar-refractivity contribution in [3.63, 3.8) is 0 Å². The molecule has 126 valence electrons. The van der Waals surface area contributed by atoms with Crippen molar-refractivity contribution >= 4 is 28.8 Å². The second-order valence-electron chi connectivity index (χ2n) is 5.39. The normalized spacial score (nSPS) is 10.9. The summed E-state index contributed by atoms with van der Waals surface area (Å²) in [7, 11) is 0. The van der Waals surface area contributed by atoms with E-state index < -0.39 is 0 Å². The van der Waals surface area contributed by atoms with Crippen LogP contribution >= 0.6 is 0 Å². The van der Waals surface area contributed by atoms with Crippen LogP contribution in [0.1, 0.15) is 25.0 Å². The van der Waals surface area contributed by atoms with Gasteiger partial charge in [0.25, 0.3) is 0 Å². The summed E-state index contributed by atoms with van der Waals surface area (Å²) in [5.41, 5.74) is 5.29. The number of fused-ring (bicyclic) bond motifs is 1. The zero-order valence-electron chi connectivity index (χ0n) is 14.2. The van der Waals surface area contributed by atoms with Crippen LogP contribution in [-0.4, -0.2) is 34.3 Å². The fraction of sp³-hybridized carbons (Fsp3) is 0.222. The molecule has 0 atom stereocenters. The van der Waals surface area contributed by atoms with Crippen molar-refractivity contribution in [2.75, 3.05) is 23.4 Å². The number of rotatable bonds is 6. The van der Waals surface area contributed by atoms with E-state index in [0.717, 1.165) is 35.4 Å². The molecule has 2 N–H and O–H groups in total. The zero-order valence-corrected chi connectivity index (χ0v) is 14.2. The summed E-state index contributed by atoms with van der Waals surface area (Å²) in [5, 5.41) is 14.4. The van der Waals surface area contributed by atoms with E-state index in [-0.39, 0.29) is 0 Å². The molecular weight excluding hydrogens is 314 g/mol. The molecule has 0 saturated heterocycles. The van der Waals surface area contributed by atoms with Crippen LogP contribution in [0.5, 0.6) is 0 Å². The Morgan fingerprint density at radius 1 is 1.32 bits per heavy atom. The van der Waals surface area contributed by atoms with Gasteiger partial charge in [-0.05, 0) is 26.0 Å². The number of aromatic amines is 1. The van der Waals surface area contributed by atoms with Crippen molar-refractivity contribution in [3.8, 4) is 6.07 Å². The number of nitrogens with one attached hydrogen (secondary N) is 2. The second kappa shape index (κ2) is 7.45. The van der Waals surface area contributed by atoms with E-state index in [1.807, 2.05) is 24.4 Å². The van der Waals surface area contributed by atoms with Crippen molar-refractivity contribution in [3.05, 3.63) is 47.9 Å². The van der Waals surface area contributed by atoms with E-state index in [1.165, 1.54) is 6.33 Å². The number of aromatic nitrogens is 3. The van der Waals surface area contributed by atoms with E-state index in [2.05, 4.69) is 50.3 Å². The van der Waals surface area contributed by atoms with Gasteiger partial charge in [0.15, 0.2) is 5.82 Å². The Kier molecular flexibility index (Phi) is 4.90. The lowest BCUT2D eigenvalue weighted by Crippen LogP contribution is -2.23. The monoisotopic (exact) mass is 333 g/mol. The maximum Gasteiger partial charge on any atom is 0.151 e. The Bertz CT molecular complexity index is 932. The van der Waals surface area contributed by atoms with Gasteiger partial charge >= 0.3 is 0 Å². The summed E-state index contributed by atoms with van der Waals surface area (Å²) in [6, 6.07) is 9.65. The average molecular weight is 333 g/mol. The second-order valence-corrected chi connectivity index (χ2v) is 5.39. The van der Waals surface area contributed by atoms with Crippen LogP contribution in [0.15, 0.2) is 41.9 Å². The predicted molar refractivity (Wildman–Crippen MR) is 99.8 cm³/mol. The Morgan fingerprint density at radius 2 is 2.16 bits per heavy atom. The number of anilines is 2. The number of H-pyrrole nitrogens is 1. The molecule has 3 rings (SSSR count). The molecule has 0 unspecified atom stereocenters. The lowest BCUT2D eigenvalue weighted by Gasteiger charge is -2.19. The van der Waals surface area contributed by atoms with E-state index in [1.54, 1.807) is 12.3 Å². The molecule has 0 aliphatic carbocycles. The SMILES string of the molecule is CCN(CC)c1cc(N/N=C/c2c[nH]c3cccc(C#N)c23)ncn1. The first-order valence-electron chi connectivity index (χ1n) is 8.13. The van der Waals surface area contributed by atoms with Crippen LogP contribution in [0.4, 0.5) is 11.6 Å². The number of hydrogen-bond donors (Lipinski definition) is 2. The van der Waals surface area contributed by atoms with Crippen molar-refractivity contribution in [1.82, 2.24) is 15.0 Å². The van der Waals surface area contributed by atoms with Crippen LogP contribution in [0.2, 0.25) is 0 Å².